The minimum absolute atomic E-state index is 0.0331. The van der Waals surface area contributed by atoms with Gasteiger partial charge < -0.3 is 5.32 Å². The fourth-order valence-electron chi connectivity index (χ4n) is 2.37. The third-order valence-corrected chi connectivity index (χ3v) is 3.25. The summed E-state index contributed by atoms with van der Waals surface area (Å²) in [6.45, 7) is 9.92. The number of piperazine rings is 1. The number of hydrogen-bond donors (Lipinski definition) is 1. The molecule has 6 heteroatoms. The van der Waals surface area contributed by atoms with Crippen molar-refractivity contribution in [2.45, 2.75) is 46.1 Å². The van der Waals surface area contributed by atoms with Crippen LogP contribution >= 0.6 is 0 Å². The van der Waals surface area contributed by atoms with Crippen molar-refractivity contribution in [3.05, 3.63) is 0 Å². The average Bonchev–Trinajstić information content (AvgIpc) is 2.13. The maximum Gasteiger partial charge on any atom is 0.522 e. The van der Waals surface area contributed by atoms with Crippen LogP contribution in [0, 0.1) is 5.41 Å². The zero-order chi connectivity index (χ0) is 14.0. The molecule has 0 aromatic carbocycles. The van der Waals surface area contributed by atoms with Gasteiger partial charge in [-0.05, 0) is 12.3 Å². The van der Waals surface area contributed by atoms with Crippen molar-refractivity contribution >= 4 is 0 Å². The molecule has 0 aromatic heterocycles. The van der Waals surface area contributed by atoms with E-state index in [1.54, 1.807) is 0 Å². The van der Waals surface area contributed by atoms with E-state index < -0.39 is 6.36 Å². The molecule has 0 amide bonds. The molecule has 1 rings (SSSR count). The molecule has 0 saturated carbocycles. The second kappa shape index (κ2) is 5.75. The Hall–Kier alpha value is -0.330. The fraction of sp³-hybridized carbons (Fsp3) is 1.00. The van der Waals surface area contributed by atoms with E-state index in [0.717, 1.165) is 13.1 Å². The number of nitrogens with one attached hydrogen (secondary N) is 1. The van der Waals surface area contributed by atoms with Crippen LogP contribution in [-0.4, -0.2) is 49.6 Å². The molecule has 2 atom stereocenters. The topological polar surface area (TPSA) is 24.5 Å². The molecule has 18 heavy (non-hydrogen) atoms. The van der Waals surface area contributed by atoms with Crippen molar-refractivity contribution < 1.29 is 17.9 Å². The molecule has 1 fully saturated rings. The molecule has 3 nitrogen and oxygen atoms in total. The Kier molecular flexibility index (Phi) is 5.03. The van der Waals surface area contributed by atoms with Gasteiger partial charge >= 0.3 is 6.36 Å². The van der Waals surface area contributed by atoms with Crippen molar-refractivity contribution in [3.63, 3.8) is 0 Å². The number of ether oxygens (including phenoxy) is 1. The number of nitrogens with zero attached hydrogens (tertiary/aromatic N) is 1. The van der Waals surface area contributed by atoms with Crippen LogP contribution in [0.25, 0.3) is 0 Å². The smallest absolute Gasteiger partial charge is 0.311 e. The Labute approximate surface area is 107 Å². The Balaban J connectivity index is 2.52. The molecular weight excluding hydrogens is 245 g/mol. The van der Waals surface area contributed by atoms with Gasteiger partial charge in [-0.3, -0.25) is 9.64 Å². The van der Waals surface area contributed by atoms with Crippen LogP contribution in [0.15, 0.2) is 0 Å². The average molecular weight is 268 g/mol. The summed E-state index contributed by atoms with van der Waals surface area (Å²) in [4.78, 5) is 2.09. The third-order valence-electron chi connectivity index (χ3n) is 3.25. The molecule has 1 N–H and O–H groups in total. The standard InChI is InChI=1S/C12H23F3N2O/c1-9-8-17(5-6-18-12(13,14)15)10(7-16-9)11(2,3)4/h9-10,16H,5-8H2,1-4H3. The van der Waals surface area contributed by atoms with Crippen molar-refractivity contribution in [1.82, 2.24) is 10.2 Å². The summed E-state index contributed by atoms with van der Waals surface area (Å²) in [7, 11) is 0. The molecular formula is C12H23F3N2O. The lowest BCUT2D eigenvalue weighted by Crippen LogP contribution is -2.60. The number of halogens is 3. The van der Waals surface area contributed by atoms with Crippen LogP contribution < -0.4 is 5.32 Å². The highest BCUT2D eigenvalue weighted by molar-refractivity contribution is 4.91. The van der Waals surface area contributed by atoms with Crippen molar-refractivity contribution in [3.8, 4) is 0 Å². The van der Waals surface area contributed by atoms with Gasteiger partial charge in [0.2, 0.25) is 0 Å². The summed E-state index contributed by atoms with van der Waals surface area (Å²) in [5.74, 6) is 0. The molecule has 0 bridgehead atoms. The summed E-state index contributed by atoms with van der Waals surface area (Å²) in [5, 5.41) is 3.37. The Morgan fingerprint density at radius 3 is 2.39 bits per heavy atom. The lowest BCUT2D eigenvalue weighted by molar-refractivity contribution is -0.325. The van der Waals surface area contributed by atoms with Gasteiger partial charge in [0.15, 0.2) is 0 Å². The molecule has 2 unspecified atom stereocenters. The Bertz CT molecular complexity index is 263. The molecule has 0 aliphatic carbocycles. The zero-order valence-electron chi connectivity index (χ0n) is 11.5. The third kappa shape index (κ3) is 5.12. The van der Waals surface area contributed by atoms with E-state index >= 15 is 0 Å². The van der Waals surface area contributed by atoms with E-state index in [0.29, 0.717) is 12.6 Å². The first-order chi connectivity index (χ1) is 8.09. The molecule has 1 aliphatic rings. The number of hydrogen-bond acceptors (Lipinski definition) is 3. The van der Waals surface area contributed by atoms with E-state index in [9.17, 15) is 13.2 Å². The fourth-order valence-corrected chi connectivity index (χ4v) is 2.37. The summed E-state index contributed by atoms with van der Waals surface area (Å²) < 4.78 is 39.8. The van der Waals surface area contributed by atoms with E-state index in [1.807, 2.05) is 6.92 Å². The van der Waals surface area contributed by atoms with Gasteiger partial charge in [-0.25, -0.2) is 0 Å². The molecule has 1 saturated heterocycles. The number of rotatable bonds is 3. The van der Waals surface area contributed by atoms with E-state index in [-0.39, 0.29) is 18.1 Å². The normalized spacial score (nSPS) is 27.5. The molecule has 108 valence electrons. The Morgan fingerprint density at radius 2 is 1.89 bits per heavy atom. The highest BCUT2D eigenvalue weighted by atomic mass is 19.4. The maximum atomic E-state index is 12.0. The Morgan fingerprint density at radius 1 is 1.28 bits per heavy atom. The first-order valence-electron chi connectivity index (χ1n) is 6.28. The first-order valence-corrected chi connectivity index (χ1v) is 6.28. The van der Waals surface area contributed by atoms with Gasteiger partial charge in [0, 0.05) is 31.7 Å². The molecule has 1 aliphatic heterocycles. The predicted molar refractivity (Wildman–Crippen MR) is 64.3 cm³/mol. The lowest BCUT2D eigenvalue weighted by atomic mass is 9.84. The highest BCUT2D eigenvalue weighted by Crippen LogP contribution is 2.26. The van der Waals surface area contributed by atoms with E-state index in [4.69, 9.17) is 0 Å². The minimum Gasteiger partial charge on any atom is -0.311 e. The minimum atomic E-state index is -4.53. The van der Waals surface area contributed by atoms with Crippen LogP contribution in [0.3, 0.4) is 0 Å². The first kappa shape index (κ1) is 15.7. The van der Waals surface area contributed by atoms with E-state index in [1.165, 1.54) is 0 Å². The van der Waals surface area contributed by atoms with Crippen molar-refractivity contribution in [1.29, 1.82) is 0 Å². The van der Waals surface area contributed by atoms with Gasteiger partial charge in [0.25, 0.3) is 0 Å². The molecule has 0 spiro atoms. The summed E-state index contributed by atoms with van der Waals surface area (Å²) in [6.07, 6.45) is -4.53. The van der Waals surface area contributed by atoms with Crippen molar-refractivity contribution in [2.24, 2.45) is 5.41 Å². The lowest BCUT2D eigenvalue weighted by Gasteiger charge is -2.45. The molecule has 0 aromatic rings. The summed E-state index contributed by atoms with van der Waals surface area (Å²) in [5.41, 5.74) is 0.0331. The highest BCUT2D eigenvalue weighted by Gasteiger charge is 2.35. The second-order valence-corrected chi connectivity index (χ2v) is 5.98. The van der Waals surface area contributed by atoms with Gasteiger partial charge in [0.1, 0.15) is 0 Å². The molecule has 1 heterocycles. The quantitative estimate of drug-likeness (QED) is 0.849. The predicted octanol–water partition coefficient (Wildman–Crippen LogP) is 2.23. The monoisotopic (exact) mass is 268 g/mol. The van der Waals surface area contributed by atoms with Gasteiger partial charge in [-0.2, -0.15) is 0 Å². The van der Waals surface area contributed by atoms with Gasteiger partial charge in [0.05, 0.1) is 6.61 Å². The van der Waals surface area contributed by atoms with Crippen LogP contribution in [0.2, 0.25) is 0 Å². The maximum absolute atomic E-state index is 12.0. The van der Waals surface area contributed by atoms with Gasteiger partial charge in [-0.1, -0.05) is 20.8 Å². The van der Waals surface area contributed by atoms with Crippen molar-refractivity contribution in [2.75, 3.05) is 26.2 Å². The van der Waals surface area contributed by atoms with Crippen LogP contribution in [0.4, 0.5) is 13.2 Å². The van der Waals surface area contributed by atoms with Crippen LogP contribution in [-0.2, 0) is 4.74 Å². The number of alkyl halides is 3. The van der Waals surface area contributed by atoms with E-state index in [2.05, 4.69) is 35.7 Å². The summed E-state index contributed by atoms with van der Waals surface area (Å²) >= 11 is 0. The largest absolute Gasteiger partial charge is 0.522 e. The molecule has 0 radical (unpaired) electrons. The zero-order valence-corrected chi connectivity index (χ0v) is 11.5. The summed E-state index contributed by atoms with van der Waals surface area (Å²) in [6, 6.07) is 0.528. The second-order valence-electron chi connectivity index (χ2n) is 5.98. The van der Waals surface area contributed by atoms with Crippen LogP contribution in [0.5, 0.6) is 0 Å². The van der Waals surface area contributed by atoms with Crippen LogP contribution in [0.1, 0.15) is 27.7 Å². The van der Waals surface area contributed by atoms with Gasteiger partial charge in [-0.15, -0.1) is 13.2 Å². The SMILES string of the molecule is CC1CN(CCOC(F)(F)F)C(C(C)(C)C)CN1.